The Morgan fingerprint density at radius 2 is 1.89 bits per heavy atom. The molecule has 1 fully saturated rings. The number of nitrogens with zero attached hydrogens (tertiary/aromatic N) is 3. The number of hydrogen-bond donors (Lipinski definition) is 0. The summed E-state index contributed by atoms with van der Waals surface area (Å²) in [5, 5.41) is 7.83. The van der Waals surface area contributed by atoms with Gasteiger partial charge in [0.2, 0.25) is 5.72 Å². The highest BCUT2D eigenvalue weighted by Gasteiger charge is 2.51. The third-order valence-electron chi connectivity index (χ3n) is 5.90. The average Bonchev–Trinajstić information content (AvgIpc) is 3.12. The summed E-state index contributed by atoms with van der Waals surface area (Å²) in [6, 6.07) is 12.5. The SMILES string of the molecule is CN1CCC2(CC1)Oc1ccc(Cl)cc1[C@H]1CC(c3ccc(F)cc3)=NN12. The molecule has 0 unspecified atom stereocenters. The zero-order chi connectivity index (χ0) is 18.6. The van der Waals surface area contributed by atoms with Crippen LogP contribution in [0.5, 0.6) is 5.75 Å². The van der Waals surface area contributed by atoms with Gasteiger partial charge in [-0.3, -0.25) is 0 Å². The Kier molecular flexibility index (Phi) is 3.92. The topological polar surface area (TPSA) is 28.1 Å². The minimum absolute atomic E-state index is 0.0934. The zero-order valence-corrected chi connectivity index (χ0v) is 15.9. The maximum absolute atomic E-state index is 13.3. The Morgan fingerprint density at radius 3 is 2.63 bits per heavy atom. The molecule has 3 aliphatic rings. The van der Waals surface area contributed by atoms with E-state index in [1.165, 1.54) is 12.1 Å². The van der Waals surface area contributed by atoms with Gasteiger partial charge in [0.25, 0.3) is 0 Å². The highest BCUT2D eigenvalue weighted by atomic mass is 35.5. The van der Waals surface area contributed by atoms with Gasteiger partial charge in [-0.2, -0.15) is 5.10 Å². The van der Waals surface area contributed by atoms with Crippen molar-refractivity contribution in [3.05, 3.63) is 64.4 Å². The number of ether oxygens (including phenoxy) is 1. The van der Waals surface area contributed by atoms with Crippen LogP contribution in [0, 0.1) is 5.82 Å². The van der Waals surface area contributed by atoms with Crippen molar-refractivity contribution >= 4 is 17.3 Å². The average molecular weight is 386 g/mol. The van der Waals surface area contributed by atoms with Crippen molar-refractivity contribution in [3.8, 4) is 5.75 Å². The van der Waals surface area contributed by atoms with Crippen LogP contribution in [0.2, 0.25) is 5.02 Å². The smallest absolute Gasteiger partial charge is 0.200 e. The molecule has 0 amide bonds. The number of hydrazone groups is 1. The van der Waals surface area contributed by atoms with E-state index < -0.39 is 5.72 Å². The lowest BCUT2D eigenvalue weighted by Gasteiger charge is -2.50. The van der Waals surface area contributed by atoms with Gasteiger partial charge in [-0.15, -0.1) is 0 Å². The Balaban J connectivity index is 1.58. The van der Waals surface area contributed by atoms with Gasteiger partial charge in [-0.1, -0.05) is 23.7 Å². The molecule has 140 valence electrons. The highest BCUT2D eigenvalue weighted by molar-refractivity contribution is 6.30. The summed E-state index contributed by atoms with van der Waals surface area (Å²) in [5.41, 5.74) is 2.57. The molecule has 3 aliphatic heterocycles. The van der Waals surface area contributed by atoms with E-state index in [4.69, 9.17) is 21.4 Å². The third-order valence-corrected chi connectivity index (χ3v) is 6.14. The fourth-order valence-corrected chi connectivity index (χ4v) is 4.55. The fraction of sp³-hybridized carbons (Fsp3) is 0.381. The first-order chi connectivity index (χ1) is 13.0. The van der Waals surface area contributed by atoms with Crippen LogP contribution in [0.1, 0.15) is 36.4 Å². The normalized spacial score (nSPS) is 23.6. The van der Waals surface area contributed by atoms with E-state index in [1.807, 2.05) is 18.2 Å². The second-order valence-corrected chi connectivity index (χ2v) is 8.09. The lowest BCUT2D eigenvalue weighted by Crippen LogP contribution is -2.58. The van der Waals surface area contributed by atoms with E-state index in [9.17, 15) is 4.39 Å². The van der Waals surface area contributed by atoms with E-state index >= 15 is 0 Å². The number of benzene rings is 2. The number of likely N-dealkylation sites (tertiary alicyclic amines) is 1. The van der Waals surface area contributed by atoms with Crippen LogP contribution in [0.3, 0.4) is 0 Å². The number of piperidine rings is 1. The maximum Gasteiger partial charge on any atom is 0.200 e. The Morgan fingerprint density at radius 1 is 1.15 bits per heavy atom. The molecule has 1 spiro atoms. The largest absolute Gasteiger partial charge is 0.466 e. The van der Waals surface area contributed by atoms with Crippen molar-refractivity contribution < 1.29 is 9.13 Å². The van der Waals surface area contributed by atoms with Gasteiger partial charge in [0.05, 0.1) is 11.8 Å². The van der Waals surface area contributed by atoms with Crippen molar-refractivity contribution in [3.63, 3.8) is 0 Å². The molecule has 0 bridgehead atoms. The molecule has 0 N–H and O–H groups in total. The molecule has 2 aromatic carbocycles. The molecule has 5 rings (SSSR count). The molecular formula is C21H21ClFN3O. The van der Waals surface area contributed by atoms with Crippen LogP contribution >= 0.6 is 11.6 Å². The molecule has 4 nitrogen and oxygen atoms in total. The predicted octanol–water partition coefficient (Wildman–Crippen LogP) is 4.44. The lowest BCUT2D eigenvalue weighted by atomic mass is 9.91. The van der Waals surface area contributed by atoms with Crippen LogP contribution < -0.4 is 4.74 Å². The molecule has 0 radical (unpaired) electrons. The first-order valence-electron chi connectivity index (χ1n) is 9.34. The van der Waals surface area contributed by atoms with Crippen LogP contribution in [0.15, 0.2) is 47.6 Å². The van der Waals surface area contributed by atoms with Crippen LogP contribution in [0.4, 0.5) is 4.39 Å². The summed E-state index contributed by atoms with van der Waals surface area (Å²) in [6.45, 7) is 1.93. The number of rotatable bonds is 1. The van der Waals surface area contributed by atoms with Crippen molar-refractivity contribution in [2.24, 2.45) is 5.10 Å². The first-order valence-corrected chi connectivity index (χ1v) is 9.72. The van der Waals surface area contributed by atoms with Crippen molar-refractivity contribution in [2.45, 2.75) is 31.0 Å². The minimum atomic E-state index is -0.431. The summed E-state index contributed by atoms with van der Waals surface area (Å²) in [5.74, 6) is 0.670. The molecule has 1 saturated heterocycles. The second-order valence-electron chi connectivity index (χ2n) is 7.65. The van der Waals surface area contributed by atoms with Crippen molar-refractivity contribution in [2.75, 3.05) is 20.1 Å². The van der Waals surface area contributed by atoms with Crippen LogP contribution in [-0.4, -0.2) is 41.5 Å². The van der Waals surface area contributed by atoms with Crippen molar-refractivity contribution in [1.82, 2.24) is 9.91 Å². The van der Waals surface area contributed by atoms with Gasteiger partial charge in [-0.05, 0) is 42.9 Å². The van der Waals surface area contributed by atoms with E-state index in [0.717, 1.165) is 54.9 Å². The predicted molar refractivity (Wildman–Crippen MR) is 104 cm³/mol. The highest BCUT2D eigenvalue weighted by Crippen LogP contribution is 2.50. The molecule has 2 aromatic rings. The Labute approximate surface area is 163 Å². The summed E-state index contributed by atoms with van der Waals surface area (Å²) < 4.78 is 19.9. The molecule has 1 atom stereocenters. The number of halogens is 2. The quantitative estimate of drug-likeness (QED) is 0.726. The van der Waals surface area contributed by atoms with Crippen molar-refractivity contribution in [1.29, 1.82) is 0 Å². The molecule has 0 aromatic heterocycles. The standard InChI is InChI=1S/C21H21ClFN3O/c1-25-10-8-21(9-11-25)26-19(17-12-15(22)4-7-20(17)27-21)13-18(24-26)14-2-5-16(23)6-3-14/h2-7,12,19H,8-11,13H2,1H3/t19-/m1/s1. The van der Waals surface area contributed by atoms with E-state index in [0.29, 0.717) is 5.02 Å². The van der Waals surface area contributed by atoms with Gasteiger partial charge >= 0.3 is 0 Å². The third kappa shape index (κ3) is 2.80. The second kappa shape index (κ2) is 6.21. The lowest BCUT2D eigenvalue weighted by molar-refractivity contribution is -0.147. The monoisotopic (exact) mass is 385 g/mol. The van der Waals surface area contributed by atoms with E-state index in [-0.39, 0.29) is 11.9 Å². The molecule has 3 heterocycles. The summed E-state index contributed by atoms with van der Waals surface area (Å²) in [7, 11) is 2.14. The fourth-order valence-electron chi connectivity index (χ4n) is 4.37. The van der Waals surface area contributed by atoms with Crippen LogP contribution in [0.25, 0.3) is 0 Å². The minimum Gasteiger partial charge on any atom is -0.466 e. The molecule has 0 saturated carbocycles. The summed E-state index contributed by atoms with van der Waals surface area (Å²) >= 11 is 6.27. The van der Waals surface area contributed by atoms with Gasteiger partial charge in [0, 0.05) is 42.9 Å². The molecule has 6 heteroatoms. The molecule has 27 heavy (non-hydrogen) atoms. The van der Waals surface area contributed by atoms with E-state index in [1.54, 1.807) is 12.1 Å². The zero-order valence-electron chi connectivity index (χ0n) is 15.2. The maximum atomic E-state index is 13.3. The number of hydrogen-bond acceptors (Lipinski definition) is 4. The Hall–Kier alpha value is -2.11. The Bertz CT molecular complexity index is 906. The van der Waals surface area contributed by atoms with Gasteiger partial charge in [-0.25, -0.2) is 9.40 Å². The first kappa shape index (κ1) is 17.0. The molecular weight excluding hydrogens is 365 g/mol. The van der Waals surface area contributed by atoms with Crippen LogP contribution in [-0.2, 0) is 0 Å². The molecule has 0 aliphatic carbocycles. The summed E-state index contributed by atoms with van der Waals surface area (Å²) in [6.07, 6.45) is 2.55. The van der Waals surface area contributed by atoms with Gasteiger partial charge in [0.1, 0.15) is 11.6 Å². The van der Waals surface area contributed by atoms with Gasteiger partial charge < -0.3 is 9.64 Å². The van der Waals surface area contributed by atoms with E-state index in [2.05, 4.69) is 17.0 Å². The number of fused-ring (bicyclic) bond motifs is 4. The summed E-state index contributed by atoms with van der Waals surface area (Å²) in [4.78, 5) is 2.32. The van der Waals surface area contributed by atoms with Gasteiger partial charge in [0.15, 0.2) is 0 Å².